The van der Waals surface area contributed by atoms with E-state index in [0.717, 1.165) is 13.1 Å². The van der Waals surface area contributed by atoms with Crippen LogP contribution in [0.4, 0.5) is 4.39 Å². The van der Waals surface area contributed by atoms with Crippen molar-refractivity contribution in [1.29, 1.82) is 0 Å². The maximum atomic E-state index is 12.9. The number of thioether (sulfide) groups is 1. The van der Waals surface area contributed by atoms with E-state index in [1.165, 1.54) is 30.7 Å². The first-order valence-corrected chi connectivity index (χ1v) is 9.11. The molecule has 2 atom stereocenters. The number of halogens is 2. The summed E-state index contributed by atoms with van der Waals surface area (Å²) in [5, 5.41) is 16.5. The molecule has 1 saturated heterocycles. The van der Waals surface area contributed by atoms with Gasteiger partial charge in [0.2, 0.25) is 0 Å². The second kappa shape index (κ2) is 10.5. The topological polar surface area (TPSA) is 56.7 Å². The third kappa shape index (κ3) is 6.76. The maximum Gasteiger partial charge on any atom is 0.191 e. The van der Waals surface area contributed by atoms with Crippen LogP contribution in [0.5, 0.6) is 0 Å². The number of guanidine groups is 1. The second-order valence-corrected chi connectivity index (χ2v) is 7.73. The van der Waals surface area contributed by atoms with Gasteiger partial charge >= 0.3 is 0 Å². The van der Waals surface area contributed by atoms with Crippen LogP contribution in [0.1, 0.15) is 38.4 Å². The number of aliphatic hydroxyl groups excluding tert-OH is 1. The first-order chi connectivity index (χ1) is 11.0. The quantitative estimate of drug-likeness (QED) is 0.342. The number of rotatable bonds is 6. The lowest BCUT2D eigenvalue weighted by atomic mass is 10.1. The van der Waals surface area contributed by atoms with E-state index in [1.807, 2.05) is 18.7 Å². The molecular weight excluding hydrogens is 440 g/mol. The summed E-state index contributed by atoms with van der Waals surface area (Å²) in [4.78, 5) is 4.65. The number of aliphatic hydroxyl groups is 1. The summed E-state index contributed by atoms with van der Waals surface area (Å²) in [5.41, 5.74) is 0.688. The van der Waals surface area contributed by atoms with Gasteiger partial charge in [0.15, 0.2) is 5.96 Å². The lowest BCUT2D eigenvalue weighted by molar-refractivity contribution is 0.180. The summed E-state index contributed by atoms with van der Waals surface area (Å²) >= 11 is 1.98. The fourth-order valence-electron chi connectivity index (χ4n) is 2.55. The molecule has 136 valence electrons. The summed E-state index contributed by atoms with van der Waals surface area (Å²) in [5.74, 6) is 1.62. The van der Waals surface area contributed by atoms with Gasteiger partial charge in [-0.3, -0.25) is 4.99 Å². The van der Waals surface area contributed by atoms with Crippen LogP contribution in [-0.4, -0.2) is 41.2 Å². The Kier molecular flexibility index (Phi) is 9.36. The number of nitrogens with one attached hydrogen (secondary N) is 2. The van der Waals surface area contributed by atoms with Gasteiger partial charge in [0.25, 0.3) is 0 Å². The van der Waals surface area contributed by atoms with Crippen LogP contribution in [0.3, 0.4) is 0 Å². The molecule has 0 aromatic heterocycles. The van der Waals surface area contributed by atoms with E-state index in [9.17, 15) is 9.50 Å². The Labute approximate surface area is 165 Å². The molecule has 1 aliphatic rings. The normalized spacial score (nSPS) is 21.9. The molecule has 0 saturated carbocycles. The van der Waals surface area contributed by atoms with Crippen molar-refractivity contribution >= 4 is 41.7 Å². The summed E-state index contributed by atoms with van der Waals surface area (Å²) < 4.78 is 13.1. The molecule has 2 rings (SSSR count). The van der Waals surface area contributed by atoms with Crippen molar-refractivity contribution < 1.29 is 9.50 Å². The van der Waals surface area contributed by atoms with Crippen molar-refractivity contribution in [3.05, 3.63) is 35.6 Å². The van der Waals surface area contributed by atoms with E-state index in [-0.39, 0.29) is 34.5 Å². The zero-order chi connectivity index (χ0) is 16.7. The van der Waals surface area contributed by atoms with Gasteiger partial charge in [-0.1, -0.05) is 12.1 Å². The smallest absolute Gasteiger partial charge is 0.191 e. The van der Waals surface area contributed by atoms with Crippen molar-refractivity contribution in [2.75, 3.05) is 25.4 Å². The molecule has 2 unspecified atom stereocenters. The van der Waals surface area contributed by atoms with Crippen molar-refractivity contribution in [1.82, 2.24) is 10.6 Å². The van der Waals surface area contributed by atoms with Crippen LogP contribution in [-0.2, 0) is 0 Å². The van der Waals surface area contributed by atoms with E-state index < -0.39 is 6.10 Å². The summed E-state index contributed by atoms with van der Waals surface area (Å²) in [6.45, 7) is 6.13. The first-order valence-electron chi connectivity index (χ1n) is 8.12. The molecule has 1 heterocycles. The average Bonchev–Trinajstić information content (AvgIpc) is 2.97. The Hall–Kier alpha value is -0.540. The SMILES string of the molecule is CCNC(=NCC1(C)CCCS1)NCC(O)c1ccc(F)cc1.I. The van der Waals surface area contributed by atoms with Gasteiger partial charge in [-0.2, -0.15) is 11.8 Å². The molecule has 1 aromatic rings. The summed E-state index contributed by atoms with van der Waals surface area (Å²) in [6, 6.07) is 5.91. The number of nitrogens with zero attached hydrogens (tertiary/aromatic N) is 1. The van der Waals surface area contributed by atoms with Gasteiger partial charge < -0.3 is 15.7 Å². The highest BCUT2D eigenvalue weighted by atomic mass is 127. The molecule has 3 N–H and O–H groups in total. The zero-order valence-electron chi connectivity index (χ0n) is 14.2. The molecule has 0 radical (unpaired) electrons. The average molecular weight is 467 g/mol. The molecule has 7 heteroatoms. The van der Waals surface area contributed by atoms with Gasteiger partial charge in [-0.15, -0.1) is 24.0 Å². The Bertz CT molecular complexity index is 521. The van der Waals surface area contributed by atoms with Crippen molar-refractivity contribution in [2.45, 2.75) is 37.5 Å². The molecule has 1 fully saturated rings. The summed E-state index contributed by atoms with van der Waals surface area (Å²) in [7, 11) is 0. The molecule has 0 bridgehead atoms. The van der Waals surface area contributed by atoms with Crippen molar-refractivity contribution in [3.8, 4) is 0 Å². The second-order valence-electron chi connectivity index (χ2n) is 6.05. The van der Waals surface area contributed by atoms with E-state index >= 15 is 0 Å². The minimum Gasteiger partial charge on any atom is -0.387 e. The van der Waals surface area contributed by atoms with E-state index in [1.54, 1.807) is 12.1 Å². The molecule has 1 aliphatic heterocycles. The van der Waals surface area contributed by atoms with Crippen LogP contribution in [0, 0.1) is 5.82 Å². The summed E-state index contributed by atoms with van der Waals surface area (Å²) in [6.07, 6.45) is 1.75. The van der Waals surface area contributed by atoms with Gasteiger partial charge in [0.1, 0.15) is 5.82 Å². The van der Waals surface area contributed by atoms with Crippen LogP contribution < -0.4 is 10.6 Å². The Balaban J connectivity index is 0.00000288. The number of hydrogen-bond acceptors (Lipinski definition) is 3. The minimum atomic E-state index is -0.698. The van der Waals surface area contributed by atoms with E-state index in [2.05, 4.69) is 22.5 Å². The number of hydrogen-bond donors (Lipinski definition) is 3. The Morgan fingerprint density at radius 1 is 1.38 bits per heavy atom. The van der Waals surface area contributed by atoms with Gasteiger partial charge in [-0.05, 0) is 50.1 Å². The van der Waals surface area contributed by atoms with Crippen molar-refractivity contribution in [3.63, 3.8) is 0 Å². The predicted molar refractivity (Wildman–Crippen MR) is 111 cm³/mol. The third-order valence-electron chi connectivity index (χ3n) is 3.93. The Morgan fingerprint density at radius 3 is 2.67 bits per heavy atom. The fourth-order valence-corrected chi connectivity index (χ4v) is 3.77. The van der Waals surface area contributed by atoms with Crippen LogP contribution in [0.25, 0.3) is 0 Å². The monoisotopic (exact) mass is 467 g/mol. The zero-order valence-corrected chi connectivity index (χ0v) is 17.4. The molecular formula is C17H27FIN3OS. The first kappa shape index (κ1) is 21.5. The van der Waals surface area contributed by atoms with Gasteiger partial charge in [0, 0.05) is 17.8 Å². The Morgan fingerprint density at radius 2 is 2.08 bits per heavy atom. The molecule has 0 spiro atoms. The highest BCUT2D eigenvalue weighted by Gasteiger charge is 2.29. The number of aliphatic imine (C=N–C) groups is 1. The van der Waals surface area contributed by atoms with E-state index in [0.29, 0.717) is 18.1 Å². The lowest BCUT2D eigenvalue weighted by Gasteiger charge is -2.21. The van der Waals surface area contributed by atoms with Gasteiger partial charge in [0.05, 0.1) is 12.6 Å². The highest BCUT2D eigenvalue weighted by Crippen LogP contribution is 2.37. The largest absolute Gasteiger partial charge is 0.387 e. The van der Waals surface area contributed by atoms with Crippen LogP contribution in [0.15, 0.2) is 29.3 Å². The molecule has 0 aliphatic carbocycles. The molecule has 4 nitrogen and oxygen atoms in total. The standard InChI is InChI=1S/C17H26FN3OS.HI/c1-3-19-16(21-12-17(2)9-4-10-23-17)20-11-15(22)13-5-7-14(18)8-6-13;/h5-8,15,22H,3-4,9-12H2,1-2H3,(H2,19,20,21);1H. The molecule has 24 heavy (non-hydrogen) atoms. The minimum absolute atomic E-state index is 0. The lowest BCUT2D eigenvalue weighted by Crippen LogP contribution is -2.40. The fraction of sp³-hybridized carbons (Fsp3) is 0.588. The van der Waals surface area contributed by atoms with E-state index in [4.69, 9.17) is 0 Å². The molecule has 1 aromatic carbocycles. The van der Waals surface area contributed by atoms with Crippen molar-refractivity contribution in [2.24, 2.45) is 4.99 Å². The van der Waals surface area contributed by atoms with Gasteiger partial charge in [-0.25, -0.2) is 4.39 Å². The molecule has 0 amide bonds. The predicted octanol–water partition coefficient (Wildman–Crippen LogP) is 3.32. The maximum absolute atomic E-state index is 12.9. The van der Waals surface area contributed by atoms with Crippen LogP contribution >= 0.6 is 35.7 Å². The third-order valence-corrected chi connectivity index (χ3v) is 5.46. The number of benzene rings is 1. The highest BCUT2D eigenvalue weighted by molar-refractivity contribution is 14.0. The van der Waals surface area contributed by atoms with Crippen LogP contribution in [0.2, 0.25) is 0 Å².